The second-order valence-electron chi connectivity index (χ2n) is 6.25. The van der Waals surface area contributed by atoms with Crippen LogP contribution in [0.15, 0.2) is 36.0 Å². The van der Waals surface area contributed by atoms with Crippen LogP contribution in [0.4, 0.5) is 5.69 Å². The first-order valence-corrected chi connectivity index (χ1v) is 9.09. The van der Waals surface area contributed by atoms with Crippen LogP contribution in [-0.4, -0.2) is 24.5 Å². The maximum Gasteiger partial charge on any atom is 0.340 e. The number of carbonyl (C=O) groups is 2. The lowest BCUT2D eigenvalue weighted by molar-refractivity contribution is -0.112. The maximum atomic E-state index is 12.4. The van der Waals surface area contributed by atoms with Crippen molar-refractivity contribution >= 4 is 17.6 Å². The van der Waals surface area contributed by atoms with Gasteiger partial charge in [0, 0.05) is 12.2 Å². The van der Waals surface area contributed by atoms with Crippen LogP contribution in [0.25, 0.3) is 0 Å². The Hall–Kier alpha value is -2.81. The predicted octanol–water partition coefficient (Wildman–Crippen LogP) is 3.52. The number of nitrogens with one attached hydrogen (secondary N) is 2. The number of hydrogen-bond donors (Lipinski definition) is 2. The van der Waals surface area contributed by atoms with Crippen LogP contribution >= 0.6 is 0 Å². The molecule has 1 amide bonds. The summed E-state index contributed by atoms with van der Waals surface area (Å²) in [5.74, 6) is -1.06. The number of para-hydroxylation sites is 1. The Bertz CT molecular complexity index is 698. The molecule has 1 aliphatic carbocycles. The van der Waals surface area contributed by atoms with Gasteiger partial charge in [0.15, 0.2) is 0 Å². The molecule has 0 unspecified atom stereocenters. The van der Waals surface area contributed by atoms with Gasteiger partial charge in [-0.1, -0.05) is 37.8 Å². The van der Waals surface area contributed by atoms with Gasteiger partial charge >= 0.3 is 5.97 Å². The lowest BCUT2D eigenvalue weighted by Crippen LogP contribution is -2.25. The fourth-order valence-corrected chi connectivity index (χ4v) is 2.96. The van der Waals surface area contributed by atoms with Crippen LogP contribution < -0.4 is 10.6 Å². The zero-order valence-corrected chi connectivity index (χ0v) is 15.1. The van der Waals surface area contributed by atoms with Gasteiger partial charge in [-0.3, -0.25) is 4.79 Å². The fourth-order valence-electron chi connectivity index (χ4n) is 2.96. The summed E-state index contributed by atoms with van der Waals surface area (Å²) in [4.78, 5) is 24.4. The highest BCUT2D eigenvalue weighted by Crippen LogP contribution is 2.18. The van der Waals surface area contributed by atoms with E-state index in [1.54, 1.807) is 31.2 Å². The van der Waals surface area contributed by atoms with E-state index in [1.807, 2.05) is 6.07 Å². The van der Waals surface area contributed by atoms with Gasteiger partial charge in [0.1, 0.15) is 11.6 Å². The van der Waals surface area contributed by atoms with Crippen molar-refractivity contribution in [1.82, 2.24) is 5.32 Å². The molecule has 1 saturated carbocycles. The largest absolute Gasteiger partial charge is 0.462 e. The maximum absolute atomic E-state index is 12.4. The second-order valence-corrected chi connectivity index (χ2v) is 6.25. The Morgan fingerprint density at radius 2 is 1.92 bits per heavy atom. The summed E-state index contributed by atoms with van der Waals surface area (Å²) in [7, 11) is 0. The Morgan fingerprint density at radius 3 is 2.58 bits per heavy atom. The molecule has 0 aromatic heterocycles. The zero-order chi connectivity index (χ0) is 18.8. The SMILES string of the molecule is CCOC(=O)c1ccccc1NC(=O)/C(C#N)=C\NC1CCCCCC1. The highest BCUT2D eigenvalue weighted by molar-refractivity contribution is 6.09. The van der Waals surface area contributed by atoms with Crippen molar-refractivity contribution in [2.75, 3.05) is 11.9 Å². The Kier molecular flexibility index (Phi) is 7.69. The lowest BCUT2D eigenvalue weighted by Gasteiger charge is -2.14. The number of nitrogens with zero attached hydrogens (tertiary/aromatic N) is 1. The average molecular weight is 355 g/mol. The van der Waals surface area contributed by atoms with E-state index in [4.69, 9.17) is 4.74 Å². The molecule has 26 heavy (non-hydrogen) atoms. The Labute approximate surface area is 154 Å². The van der Waals surface area contributed by atoms with Gasteiger partial charge in [0.25, 0.3) is 5.91 Å². The van der Waals surface area contributed by atoms with Crippen molar-refractivity contribution in [3.8, 4) is 6.07 Å². The molecule has 0 bridgehead atoms. The van der Waals surface area contributed by atoms with Gasteiger partial charge in [-0.25, -0.2) is 4.79 Å². The second kappa shape index (κ2) is 10.2. The van der Waals surface area contributed by atoms with Gasteiger partial charge in [-0.05, 0) is 31.9 Å². The van der Waals surface area contributed by atoms with Crippen LogP contribution in [0.2, 0.25) is 0 Å². The van der Waals surface area contributed by atoms with Gasteiger partial charge in [0.2, 0.25) is 0 Å². The van der Waals surface area contributed by atoms with E-state index in [-0.39, 0.29) is 17.7 Å². The normalized spacial score (nSPS) is 15.5. The first kappa shape index (κ1) is 19.5. The number of esters is 1. The summed E-state index contributed by atoms with van der Waals surface area (Å²) in [6.45, 7) is 1.96. The number of benzene rings is 1. The van der Waals surface area contributed by atoms with Gasteiger partial charge in [-0.2, -0.15) is 5.26 Å². The van der Waals surface area contributed by atoms with Crippen LogP contribution in [0.5, 0.6) is 0 Å². The van der Waals surface area contributed by atoms with Gasteiger partial charge < -0.3 is 15.4 Å². The molecule has 1 fully saturated rings. The molecule has 6 nitrogen and oxygen atoms in total. The number of amides is 1. The summed E-state index contributed by atoms with van der Waals surface area (Å²) in [6, 6.07) is 8.80. The summed E-state index contributed by atoms with van der Waals surface area (Å²) < 4.78 is 4.99. The molecule has 2 N–H and O–H groups in total. The standard InChI is InChI=1S/C20H25N3O3/c1-2-26-20(25)17-11-7-8-12-18(17)23-19(24)15(13-21)14-22-16-9-5-3-4-6-10-16/h7-8,11-12,14,16,22H,2-6,9-10H2,1H3,(H,23,24)/b15-14-. The molecule has 2 rings (SSSR count). The van der Waals surface area contributed by atoms with Crippen molar-refractivity contribution in [1.29, 1.82) is 5.26 Å². The monoisotopic (exact) mass is 355 g/mol. The molecule has 0 saturated heterocycles. The van der Waals surface area contributed by atoms with Crippen LogP contribution in [-0.2, 0) is 9.53 Å². The number of carbonyl (C=O) groups excluding carboxylic acids is 2. The van der Waals surface area contributed by atoms with Crippen LogP contribution in [0.1, 0.15) is 55.8 Å². The first-order valence-electron chi connectivity index (χ1n) is 9.09. The number of nitriles is 1. The quantitative estimate of drug-likeness (QED) is 0.353. The molecule has 0 spiro atoms. The summed E-state index contributed by atoms with van der Waals surface area (Å²) in [5.41, 5.74) is 0.566. The predicted molar refractivity (Wildman–Crippen MR) is 99.3 cm³/mol. The Balaban J connectivity index is 2.06. The van der Waals surface area contributed by atoms with E-state index >= 15 is 0 Å². The third-order valence-corrected chi connectivity index (χ3v) is 4.35. The van der Waals surface area contributed by atoms with E-state index in [0.717, 1.165) is 25.7 Å². The fraction of sp³-hybridized carbons (Fsp3) is 0.450. The number of hydrogen-bond acceptors (Lipinski definition) is 5. The first-order chi connectivity index (χ1) is 12.7. The molecule has 0 heterocycles. The van der Waals surface area contributed by atoms with E-state index in [9.17, 15) is 14.9 Å². The number of ether oxygens (including phenoxy) is 1. The number of anilines is 1. The van der Waals surface area contributed by atoms with Crippen molar-refractivity contribution < 1.29 is 14.3 Å². The van der Waals surface area contributed by atoms with Crippen LogP contribution in [0.3, 0.4) is 0 Å². The third kappa shape index (κ3) is 5.62. The summed E-state index contributed by atoms with van der Waals surface area (Å²) >= 11 is 0. The average Bonchev–Trinajstić information content (AvgIpc) is 2.92. The van der Waals surface area contributed by atoms with Crippen molar-refractivity contribution in [2.45, 2.75) is 51.5 Å². The molecule has 1 aromatic rings. The minimum atomic E-state index is -0.551. The summed E-state index contributed by atoms with van der Waals surface area (Å²) in [6.07, 6.45) is 8.36. The van der Waals surface area contributed by atoms with Crippen molar-refractivity contribution in [3.05, 3.63) is 41.6 Å². The van der Waals surface area contributed by atoms with Crippen LogP contribution in [0, 0.1) is 11.3 Å². The lowest BCUT2D eigenvalue weighted by atomic mass is 10.1. The molecule has 0 aliphatic heterocycles. The van der Waals surface area contributed by atoms with E-state index in [0.29, 0.717) is 11.7 Å². The molecule has 1 aromatic carbocycles. The molecular formula is C20H25N3O3. The molecule has 6 heteroatoms. The highest BCUT2D eigenvalue weighted by Gasteiger charge is 2.17. The van der Waals surface area contributed by atoms with Crippen molar-refractivity contribution in [3.63, 3.8) is 0 Å². The molecular weight excluding hydrogens is 330 g/mol. The molecule has 0 radical (unpaired) electrons. The van der Waals surface area contributed by atoms with Gasteiger partial charge in [-0.15, -0.1) is 0 Å². The topological polar surface area (TPSA) is 91.2 Å². The Morgan fingerprint density at radius 1 is 1.23 bits per heavy atom. The minimum Gasteiger partial charge on any atom is -0.462 e. The molecule has 138 valence electrons. The zero-order valence-electron chi connectivity index (χ0n) is 15.1. The summed E-state index contributed by atoms with van der Waals surface area (Å²) in [5, 5.41) is 15.1. The van der Waals surface area contributed by atoms with E-state index in [1.165, 1.54) is 19.0 Å². The number of rotatable bonds is 6. The molecule has 1 aliphatic rings. The van der Waals surface area contributed by atoms with E-state index in [2.05, 4.69) is 10.6 Å². The van der Waals surface area contributed by atoms with Gasteiger partial charge in [0.05, 0.1) is 17.9 Å². The third-order valence-electron chi connectivity index (χ3n) is 4.35. The minimum absolute atomic E-state index is 0.0205. The van der Waals surface area contributed by atoms with Crippen molar-refractivity contribution in [2.24, 2.45) is 0 Å². The molecule has 0 atom stereocenters. The van der Waals surface area contributed by atoms with E-state index < -0.39 is 11.9 Å². The highest BCUT2D eigenvalue weighted by atomic mass is 16.5. The smallest absolute Gasteiger partial charge is 0.340 e.